The van der Waals surface area contributed by atoms with Gasteiger partial charge in [0.25, 0.3) is 5.91 Å². The van der Waals surface area contributed by atoms with Gasteiger partial charge in [0.1, 0.15) is 5.82 Å². The van der Waals surface area contributed by atoms with E-state index in [1.807, 2.05) is 0 Å². The van der Waals surface area contributed by atoms with E-state index in [1.165, 1.54) is 25.3 Å². The van der Waals surface area contributed by atoms with E-state index < -0.39 is 0 Å². The van der Waals surface area contributed by atoms with Gasteiger partial charge in [-0.2, -0.15) is 0 Å². The highest BCUT2D eigenvalue weighted by Gasteiger charge is 2.51. The Morgan fingerprint density at radius 2 is 1.71 bits per heavy atom. The second-order valence-electron chi connectivity index (χ2n) is 7.62. The van der Waals surface area contributed by atoms with E-state index in [2.05, 4.69) is 5.32 Å². The highest BCUT2D eigenvalue weighted by atomic mass is 19.1. The first-order chi connectivity index (χ1) is 10.0. The van der Waals surface area contributed by atoms with Crippen molar-refractivity contribution >= 4 is 5.91 Å². The predicted molar refractivity (Wildman–Crippen MR) is 79.5 cm³/mol. The van der Waals surface area contributed by atoms with E-state index in [-0.39, 0.29) is 17.3 Å². The van der Waals surface area contributed by atoms with Crippen molar-refractivity contribution in [2.45, 2.75) is 51.0 Å². The minimum absolute atomic E-state index is 0.00675. The Hall–Kier alpha value is -1.38. The summed E-state index contributed by atoms with van der Waals surface area (Å²) in [4.78, 5) is 12.5. The predicted octanol–water partition coefficient (Wildman–Crippen LogP) is 3.83. The molecule has 4 saturated carbocycles. The van der Waals surface area contributed by atoms with Crippen molar-refractivity contribution in [1.29, 1.82) is 0 Å². The van der Waals surface area contributed by atoms with E-state index in [0.29, 0.717) is 11.1 Å². The molecule has 3 heteroatoms. The van der Waals surface area contributed by atoms with Gasteiger partial charge in [-0.15, -0.1) is 0 Å². The van der Waals surface area contributed by atoms with Crippen LogP contribution in [0.2, 0.25) is 0 Å². The second kappa shape index (κ2) is 4.56. The summed E-state index contributed by atoms with van der Waals surface area (Å²) in [7, 11) is 0. The average molecular weight is 287 g/mol. The maximum atomic E-state index is 13.7. The highest BCUT2D eigenvalue weighted by Crippen LogP contribution is 2.55. The molecule has 0 aliphatic heterocycles. The number of amides is 1. The van der Waals surface area contributed by atoms with Crippen molar-refractivity contribution in [2.75, 3.05) is 0 Å². The fourth-order valence-electron chi connectivity index (χ4n) is 5.31. The van der Waals surface area contributed by atoms with E-state index in [9.17, 15) is 9.18 Å². The summed E-state index contributed by atoms with van der Waals surface area (Å²) >= 11 is 0. The zero-order valence-corrected chi connectivity index (χ0v) is 12.5. The number of carbonyl (C=O) groups excluding carboxylic acids is 1. The van der Waals surface area contributed by atoms with Gasteiger partial charge in [-0.05, 0) is 80.9 Å². The molecule has 0 atom stereocenters. The molecule has 4 aliphatic rings. The molecule has 4 fully saturated rings. The van der Waals surface area contributed by atoms with E-state index in [0.717, 1.165) is 37.0 Å². The van der Waals surface area contributed by atoms with Crippen LogP contribution in [0.15, 0.2) is 18.2 Å². The third kappa shape index (κ3) is 2.27. The molecule has 0 heterocycles. The van der Waals surface area contributed by atoms with Gasteiger partial charge in [0, 0.05) is 11.1 Å². The third-order valence-corrected chi connectivity index (χ3v) is 5.85. The van der Waals surface area contributed by atoms with Gasteiger partial charge in [-0.1, -0.05) is 6.07 Å². The Morgan fingerprint density at radius 1 is 1.14 bits per heavy atom. The number of aryl methyl sites for hydroxylation is 1. The van der Waals surface area contributed by atoms with Crippen molar-refractivity contribution in [3.05, 3.63) is 35.1 Å². The number of halogens is 1. The summed E-state index contributed by atoms with van der Waals surface area (Å²) in [5.74, 6) is 1.99. The molecular weight excluding hydrogens is 265 g/mol. The van der Waals surface area contributed by atoms with Crippen LogP contribution in [-0.4, -0.2) is 11.4 Å². The molecule has 21 heavy (non-hydrogen) atoms. The van der Waals surface area contributed by atoms with E-state index >= 15 is 0 Å². The van der Waals surface area contributed by atoms with Crippen LogP contribution >= 0.6 is 0 Å². The van der Waals surface area contributed by atoms with Crippen LogP contribution in [-0.2, 0) is 0 Å². The number of hydrogen-bond donors (Lipinski definition) is 1. The van der Waals surface area contributed by atoms with Gasteiger partial charge in [0.05, 0.1) is 0 Å². The van der Waals surface area contributed by atoms with Crippen molar-refractivity contribution in [3.63, 3.8) is 0 Å². The molecule has 0 spiro atoms. The Bertz CT molecular complexity index is 560. The standard InChI is InChI=1S/C18H22FNO/c1-11-2-3-15(7-16(11)19)17(21)20-18-8-12-4-13(9-18)6-14(5-12)10-18/h2-3,7,12-14H,4-6,8-10H2,1H3,(H,20,21). The molecule has 1 aromatic rings. The monoisotopic (exact) mass is 287 g/mol. The van der Waals surface area contributed by atoms with Gasteiger partial charge in [0.2, 0.25) is 0 Å². The molecule has 4 bridgehead atoms. The van der Waals surface area contributed by atoms with Crippen LogP contribution in [0.5, 0.6) is 0 Å². The van der Waals surface area contributed by atoms with Gasteiger partial charge in [0.15, 0.2) is 0 Å². The summed E-state index contributed by atoms with van der Waals surface area (Å²) in [6.07, 6.45) is 7.44. The van der Waals surface area contributed by atoms with Crippen LogP contribution in [0.25, 0.3) is 0 Å². The minimum Gasteiger partial charge on any atom is -0.347 e. The van der Waals surface area contributed by atoms with Crippen molar-refractivity contribution in [3.8, 4) is 0 Å². The van der Waals surface area contributed by atoms with Gasteiger partial charge in [-0.3, -0.25) is 4.79 Å². The topological polar surface area (TPSA) is 29.1 Å². The normalized spacial score (nSPS) is 36.8. The number of carbonyl (C=O) groups is 1. The van der Waals surface area contributed by atoms with Crippen molar-refractivity contribution < 1.29 is 9.18 Å². The zero-order chi connectivity index (χ0) is 14.6. The molecule has 1 aromatic carbocycles. The first-order valence-electron chi connectivity index (χ1n) is 8.12. The van der Waals surface area contributed by atoms with E-state index in [1.54, 1.807) is 19.1 Å². The Balaban J connectivity index is 1.55. The fourth-order valence-corrected chi connectivity index (χ4v) is 5.31. The lowest BCUT2D eigenvalue weighted by Gasteiger charge is -2.56. The summed E-state index contributed by atoms with van der Waals surface area (Å²) in [6, 6.07) is 4.78. The van der Waals surface area contributed by atoms with Gasteiger partial charge >= 0.3 is 0 Å². The molecule has 1 amide bonds. The summed E-state index contributed by atoms with van der Waals surface area (Å²) in [5.41, 5.74) is 1.03. The molecule has 2 nitrogen and oxygen atoms in total. The molecular formula is C18H22FNO. The largest absolute Gasteiger partial charge is 0.347 e. The molecule has 0 aromatic heterocycles. The molecule has 112 valence electrons. The summed E-state index contributed by atoms with van der Waals surface area (Å²) in [5, 5.41) is 3.28. The number of rotatable bonds is 2. The molecule has 4 aliphatic carbocycles. The molecule has 0 radical (unpaired) electrons. The minimum atomic E-state index is -0.298. The number of nitrogens with one attached hydrogen (secondary N) is 1. The quantitative estimate of drug-likeness (QED) is 0.880. The lowest BCUT2D eigenvalue weighted by atomic mass is 9.53. The van der Waals surface area contributed by atoms with Gasteiger partial charge in [-0.25, -0.2) is 4.39 Å². The Kier molecular flexibility index (Phi) is 2.88. The SMILES string of the molecule is Cc1ccc(C(=O)NC23CC4CC(CC(C4)C2)C3)cc1F. The lowest BCUT2D eigenvalue weighted by molar-refractivity contribution is -0.0167. The summed E-state index contributed by atoms with van der Waals surface area (Å²) in [6.45, 7) is 1.72. The Morgan fingerprint density at radius 3 is 2.24 bits per heavy atom. The molecule has 0 saturated heterocycles. The van der Waals surface area contributed by atoms with E-state index in [4.69, 9.17) is 0 Å². The van der Waals surface area contributed by atoms with Crippen LogP contribution in [0.4, 0.5) is 4.39 Å². The first-order valence-corrected chi connectivity index (χ1v) is 8.12. The number of hydrogen-bond acceptors (Lipinski definition) is 1. The van der Waals surface area contributed by atoms with Crippen LogP contribution in [0, 0.1) is 30.5 Å². The Labute approximate surface area is 125 Å². The number of benzene rings is 1. The van der Waals surface area contributed by atoms with Gasteiger partial charge < -0.3 is 5.32 Å². The summed E-state index contributed by atoms with van der Waals surface area (Å²) < 4.78 is 13.7. The van der Waals surface area contributed by atoms with Crippen molar-refractivity contribution in [2.24, 2.45) is 17.8 Å². The van der Waals surface area contributed by atoms with Crippen LogP contribution in [0.3, 0.4) is 0 Å². The molecule has 0 unspecified atom stereocenters. The molecule has 5 rings (SSSR count). The maximum absolute atomic E-state index is 13.7. The van der Waals surface area contributed by atoms with Crippen LogP contribution in [0.1, 0.15) is 54.4 Å². The highest BCUT2D eigenvalue weighted by molar-refractivity contribution is 5.94. The fraction of sp³-hybridized carbons (Fsp3) is 0.611. The average Bonchev–Trinajstić information content (AvgIpc) is 2.39. The maximum Gasteiger partial charge on any atom is 0.251 e. The third-order valence-electron chi connectivity index (χ3n) is 5.85. The van der Waals surface area contributed by atoms with Crippen molar-refractivity contribution in [1.82, 2.24) is 5.32 Å². The first kappa shape index (κ1) is 13.3. The smallest absolute Gasteiger partial charge is 0.251 e. The lowest BCUT2D eigenvalue weighted by Crippen LogP contribution is -2.59. The zero-order valence-electron chi connectivity index (χ0n) is 12.5. The molecule has 1 N–H and O–H groups in total. The second-order valence-corrected chi connectivity index (χ2v) is 7.62. The van der Waals surface area contributed by atoms with Crippen LogP contribution < -0.4 is 5.32 Å².